The predicted octanol–water partition coefficient (Wildman–Crippen LogP) is 1.76. The van der Waals surface area contributed by atoms with E-state index < -0.39 is 0 Å². The maximum atomic E-state index is 5.96. The molecule has 0 amide bonds. The standard InChI is InChI=1S/C15H26N4O/c1-4-13(16)8-12-9-17-14(18-10-12)19-7-5-6-15(2,11-19)20-3/h9-10,13H,4-8,11,16H2,1-3H3. The summed E-state index contributed by atoms with van der Waals surface area (Å²) in [4.78, 5) is 11.2. The molecule has 2 rings (SSSR count). The average molecular weight is 278 g/mol. The zero-order valence-corrected chi connectivity index (χ0v) is 12.8. The molecule has 2 unspecified atom stereocenters. The maximum Gasteiger partial charge on any atom is 0.225 e. The molecule has 112 valence electrons. The van der Waals surface area contributed by atoms with E-state index in [2.05, 4.69) is 28.7 Å². The van der Waals surface area contributed by atoms with E-state index in [1.165, 1.54) is 0 Å². The molecule has 0 aliphatic carbocycles. The highest BCUT2D eigenvalue weighted by molar-refractivity contribution is 5.32. The molecule has 2 heterocycles. The monoisotopic (exact) mass is 278 g/mol. The molecular weight excluding hydrogens is 252 g/mol. The predicted molar refractivity (Wildman–Crippen MR) is 80.9 cm³/mol. The van der Waals surface area contributed by atoms with Crippen molar-refractivity contribution in [3.05, 3.63) is 18.0 Å². The van der Waals surface area contributed by atoms with Crippen molar-refractivity contribution in [2.75, 3.05) is 25.1 Å². The van der Waals surface area contributed by atoms with E-state index >= 15 is 0 Å². The van der Waals surface area contributed by atoms with Gasteiger partial charge in [-0.3, -0.25) is 0 Å². The Morgan fingerprint density at radius 3 is 2.75 bits per heavy atom. The van der Waals surface area contributed by atoms with Gasteiger partial charge in [0.05, 0.1) is 5.60 Å². The third-order valence-electron chi connectivity index (χ3n) is 4.15. The molecule has 2 atom stereocenters. The molecule has 0 bridgehead atoms. The van der Waals surface area contributed by atoms with Gasteiger partial charge in [0.1, 0.15) is 0 Å². The first-order chi connectivity index (χ1) is 9.56. The highest BCUT2D eigenvalue weighted by atomic mass is 16.5. The topological polar surface area (TPSA) is 64.3 Å². The Kier molecular flexibility index (Phi) is 4.94. The minimum Gasteiger partial charge on any atom is -0.377 e. The van der Waals surface area contributed by atoms with Crippen LogP contribution in [0, 0.1) is 0 Å². The molecule has 1 aromatic heterocycles. The van der Waals surface area contributed by atoms with E-state index in [9.17, 15) is 0 Å². The van der Waals surface area contributed by atoms with Crippen LogP contribution in [0.1, 0.15) is 38.7 Å². The van der Waals surface area contributed by atoms with Crippen LogP contribution in [0.15, 0.2) is 12.4 Å². The van der Waals surface area contributed by atoms with Gasteiger partial charge in [-0.25, -0.2) is 9.97 Å². The summed E-state index contributed by atoms with van der Waals surface area (Å²) in [6, 6.07) is 0.191. The van der Waals surface area contributed by atoms with Gasteiger partial charge in [-0.2, -0.15) is 0 Å². The second kappa shape index (κ2) is 6.50. The fraction of sp³-hybridized carbons (Fsp3) is 0.733. The second-order valence-corrected chi connectivity index (χ2v) is 5.94. The lowest BCUT2D eigenvalue weighted by Crippen LogP contribution is -2.48. The lowest BCUT2D eigenvalue weighted by molar-refractivity contribution is -0.00498. The number of hydrogen-bond acceptors (Lipinski definition) is 5. The fourth-order valence-electron chi connectivity index (χ4n) is 2.61. The molecule has 20 heavy (non-hydrogen) atoms. The molecule has 2 N–H and O–H groups in total. The van der Waals surface area contributed by atoms with E-state index in [4.69, 9.17) is 10.5 Å². The Labute approximate surface area is 121 Å². The molecular formula is C15H26N4O. The van der Waals surface area contributed by atoms with Gasteiger partial charge in [-0.1, -0.05) is 6.92 Å². The summed E-state index contributed by atoms with van der Waals surface area (Å²) in [7, 11) is 1.78. The van der Waals surface area contributed by atoms with Crippen LogP contribution in [-0.4, -0.2) is 41.8 Å². The zero-order valence-electron chi connectivity index (χ0n) is 12.8. The number of aromatic nitrogens is 2. The van der Waals surface area contributed by atoms with Crippen LogP contribution in [0.25, 0.3) is 0 Å². The Hall–Kier alpha value is -1.20. The van der Waals surface area contributed by atoms with E-state index in [-0.39, 0.29) is 11.6 Å². The van der Waals surface area contributed by atoms with Crippen LogP contribution in [0.3, 0.4) is 0 Å². The number of anilines is 1. The molecule has 1 aromatic rings. The quantitative estimate of drug-likeness (QED) is 0.889. The Morgan fingerprint density at radius 1 is 1.45 bits per heavy atom. The Morgan fingerprint density at radius 2 is 2.15 bits per heavy atom. The van der Waals surface area contributed by atoms with Gasteiger partial charge in [-0.15, -0.1) is 0 Å². The molecule has 5 heteroatoms. The summed E-state index contributed by atoms with van der Waals surface area (Å²) in [5.41, 5.74) is 6.97. The maximum absolute atomic E-state index is 5.96. The van der Waals surface area contributed by atoms with Gasteiger partial charge in [0.25, 0.3) is 0 Å². The minimum absolute atomic E-state index is 0.0924. The minimum atomic E-state index is -0.0924. The van der Waals surface area contributed by atoms with Gasteiger partial charge < -0.3 is 15.4 Å². The molecule has 0 radical (unpaired) electrons. The highest BCUT2D eigenvalue weighted by Crippen LogP contribution is 2.26. The summed E-state index contributed by atoms with van der Waals surface area (Å²) in [6.07, 6.45) is 7.80. The molecule has 1 aliphatic rings. The van der Waals surface area contributed by atoms with Crippen LogP contribution in [-0.2, 0) is 11.2 Å². The first-order valence-electron chi connectivity index (χ1n) is 7.43. The smallest absolute Gasteiger partial charge is 0.225 e. The summed E-state index contributed by atoms with van der Waals surface area (Å²) >= 11 is 0. The van der Waals surface area contributed by atoms with Gasteiger partial charge in [-0.05, 0) is 38.2 Å². The van der Waals surface area contributed by atoms with Crippen molar-refractivity contribution in [2.24, 2.45) is 5.73 Å². The summed E-state index contributed by atoms with van der Waals surface area (Å²) in [5, 5.41) is 0. The van der Waals surface area contributed by atoms with Crippen molar-refractivity contribution >= 4 is 5.95 Å². The van der Waals surface area contributed by atoms with E-state index in [1.807, 2.05) is 12.4 Å². The number of nitrogens with two attached hydrogens (primary N) is 1. The lowest BCUT2D eigenvalue weighted by Gasteiger charge is -2.39. The van der Waals surface area contributed by atoms with Crippen molar-refractivity contribution in [3.8, 4) is 0 Å². The van der Waals surface area contributed by atoms with E-state index in [1.54, 1.807) is 7.11 Å². The zero-order chi connectivity index (χ0) is 14.6. The summed E-state index contributed by atoms with van der Waals surface area (Å²) in [6.45, 7) is 6.08. The molecule has 0 aromatic carbocycles. The van der Waals surface area contributed by atoms with Crippen molar-refractivity contribution in [1.29, 1.82) is 0 Å². The number of hydrogen-bond donors (Lipinski definition) is 1. The third kappa shape index (κ3) is 3.67. The van der Waals surface area contributed by atoms with E-state index in [0.29, 0.717) is 0 Å². The van der Waals surface area contributed by atoms with Crippen LogP contribution in [0.4, 0.5) is 5.95 Å². The number of ether oxygens (including phenoxy) is 1. The van der Waals surface area contributed by atoms with Crippen molar-refractivity contribution in [3.63, 3.8) is 0 Å². The fourth-order valence-corrected chi connectivity index (χ4v) is 2.61. The van der Waals surface area contributed by atoms with Crippen LogP contribution in [0.5, 0.6) is 0 Å². The molecule has 5 nitrogen and oxygen atoms in total. The van der Waals surface area contributed by atoms with Crippen LogP contribution in [0.2, 0.25) is 0 Å². The molecule has 1 aliphatic heterocycles. The van der Waals surface area contributed by atoms with Crippen molar-refractivity contribution < 1.29 is 4.74 Å². The molecule has 0 spiro atoms. The largest absolute Gasteiger partial charge is 0.377 e. The number of nitrogens with zero attached hydrogens (tertiary/aromatic N) is 3. The van der Waals surface area contributed by atoms with E-state index in [0.717, 1.165) is 50.3 Å². The van der Waals surface area contributed by atoms with Crippen molar-refractivity contribution in [2.45, 2.75) is 51.2 Å². The highest BCUT2D eigenvalue weighted by Gasteiger charge is 2.31. The number of piperidine rings is 1. The first kappa shape index (κ1) is 15.2. The SMILES string of the molecule is CCC(N)Cc1cnc(N2CCCC(C)(OC)C2)nc1. The molecule has 1 fully saturated rings. The number of methoxy groups -OCH3 is 1. The second-order valence-electron chi connectivity index (χ2n) is 5.94. The van der Waals surface area contributed by atoms with Gasteiger partial charge in [0.15, 0.2) is 0 Å². The average Bonchev–Trinajstić information content (AvgIpc) is 2.48. The summed E-state index contributed by atoms with van der Waals surface area (Å²) < 4.78 is 5.61. The summed E-state index contributed by atoms with van der Waals surface area (Å²) in [5.74, 6) is 0.793. The van der Waals surface area contributed by atoms with Crippen molar-refractivity contribution in [1.82, 2.24) is 9.97 Å². The van der Waals surface area contributed by atoms with Crippen LogP contribution >= 0.6 is 0 Å². The third-order valence-corrected chi connectivity index (χ3v) is 4.15. The van der Waals surface area contributed by atoms with Gasteiger partial charge in [0, 0.05) is 38.6 Å². The van der Waals surface area contributed by atoms with Gasteiger partial charge >= 0.3 is 0 Å². The van der Waals surface area contributed by atoms with Crippen LogP contribution < -0.4 is 10.6 Å². The molecule has 1 saturated heterocycles. The Bertz CT molecular complexity index is 422. The normalized spacial score (nSPS) is 24.7. The number of rotatable bonds is 5. The molecule has 0 saturated carbocycles. The lowest BCUT2D eigenvalue weighted by atomic mass is 9.95. The first-order valence-corrected chi connectivity index (χ1v) is 7.43. The Balaban J connectivity index is 2.02. The van der Waals surface area contributed by atoms with Gasteiger partial charge in [0.2, 0.25) is 5.95 Å².